The topological polar surface area (TPSA) is 26.0 Å². The molecule has 2 unspecified atom stereocenters. The minimum Gasteiger partial charge on any atom is -0.328 e. The molecule has 1 aromatic rings. The first-order valence-electron chi connectivity index (χ1n) is 6.10. The summed E-state index contributed by atoms with van der Waals surface area (Å²) in [5.41, 5.74) is 7.19. The van der Waals surface area contributed by atoms with E-state index in [4.69, 9.17) is 17.3 Å². The Morgan fingerprint density at radius 2 is 1.88 bits per heavy atom. The van der Waals surface area contributed by atoms with E-state index >= 15 is 0 Å². The summed E-state index contributed by atoms with van der Waals surface area (Å²) in [5, 5.41) is 1.39. The van der Waals surface area contributed by atoms with Crippen LogP contribution in [0.15, 0.2) is 23.1 Å². The summed E-state index contributed by atoms with van der Waals surface area (Å²) in [6.07, 6.45) is 0.907. The fourth-order valence-electron chi connectivity index (χ4n) is 1.49. The highest BCUT2D eigenvalue weighted by molar-refractivity contribution is 8.00. The lowest BCUT2D eigenvalue weighted by Crippen LogP contribution is -2.18. The first kappa shape index (κ1) is 14.9. The molecule has 0 aliphatic heterocycles. The third kappa shape index (κ3) is 4.90. The van der Waals surface area contributed by atoms with Crippen molar-refractivity contribution in [2.75, 3.05) is 0 Å². The predicted octanol–water partition coefficient (Wildman–Crippen LogP) is 4.37. The lowest BCUT2D eigenvalue weighted by molar-refractivity contribution is 0.641. The molecule has 1 aromatic carbocycles. The highest BCUT2D eigenvalue weighted by Gasteiger charge is 2.13. The van der Waals surface area contributed by atoms with Crippen molar-refractivity contribution in [3.8, 4) is 0 Å². The summed E-state index contributed by atoms with van der Waals surface area (Å²) in [4.78, 5) is 1.27. The standard InChI is InChI=1S/C14H22ClNS/c1-9(2)11(4)17-14-8-13(15)6-5-12(14)7-10(3)16/h5-6,8-11H,7,16H2,1-4H3. The van der Waals surface area contributed by atoms with E-state index in [2.05, 4.69) is 32.9 Å². The molecule has 1 rings (SSSR count). The third-order valence-corrected chi connectivity index (χ3v) is 4.61. The van der Waals surface area contributed by atoms with E-state index in [0.717, 1.165) is 11.4 Å². The Balaban J connectivity index is 2.90. The molecule has 0 aliphatic rings. The maximum atomic E-state index is 6.07. The van der Waals surface area contributed by atoms with Crippen LogP contribution in [0.25, 0.3) is 0 Å². The molecule has 0 saturated carbocycles. The van der Waals surface area contributed by atoms with Crippen molar-refractivity contribution >= 4 is 23.4 Å². The van der Waals surface area contributed by atoms with Crippen LogP contribution in [0.3, 0.4) is 0 Å². The van der Waals surface area contributed by atoms with Gasteiger partial charge in [0, 0.05) is 21.2 Å². The minimum absolute atomic E-state index is 0.185. The Morgan fingerprint density at radius 1 is 1.24 bits per heavy atom. The first-order valence-corrected chi connectivity index (χ1v) is 7.36. The van der Waals surface area contributed by atoms with Crippen LogP contribution in [0.2, 0.25) is 5.02 Å². The minimum atomic E-state index is 0.185. The van der Waals surface area contributed by atoms with Gasteiger partial charge in [-0.3, -0.25) is 0 Å². The lowest BCUT2D eigenvalue weighted by atomic mass is 10.1. The molecular weight excluding hydrogens is 250 g/mol. The molecule has 0 radical (unpaired) electrons. The average Bonchev–Trinajstić information content (AvgIpc) is 2.21. The molecule has 0 amide bonds. The fraction of sp³-hybridized carbons (Fsp3) is 0.571. The summed E-state index contributed by atoms with van der Waals surface area (Å²) in [7, 11) is 0. The molecule has 0 aromatic heterocycles. The van der Waals surface area contributed by atoms with Gasteiger partial charge in [0.2, 0.25) is 0 Å². The molecule has 2 atom stereocenters. The number of hydrogen-bond acceptors (Lipinski definition) is 2. The van der Waals surface area contributed by atoms with Crippen LogP contribution in [-0.4, -0.2) is 11.3 Å². The second-order valence-electron chi connectivity index (χ2n) is 5.00. The van der Waals surface area contributed by atoms with Gasteiger partial charge in [0.1, 0.15) is 0 Å². The van der Waals surface area contributed by atoms with Gasteiger partial charge in [0.25, 0.3) is 0 Å². The SMILES string of the molecule is CC(N)Cc1ccc(Cl)cc1SC(C)C(C)C. The zero-order valence-electron chi connectivity index (χ0n) is 11.0. The van der Waals surface area contributed by atoms with Gasteiger partial charge in [-0.15, -0.1) is 11.8 Å². The Morgan fingerprint density at radius 3 is 2.41 bits per heavy atom. The van der Waals surface area contributed by atoms with Gasteiger partial charge < -0.3 is 5.73 Å². The van der Waals surface area contributed by atoms with Crippen molar-refractivity contribution in [3.05, 3.63) is 28.8 Å². The molecule has 2 N–H and O–H groups in total. The molecule has 17 heavy (non-hydrogen) atoms. The van der Waals surface area contributed by atoms with Crippen molar-refractivity contribution < 1.29 is 0 Å². The smallest absolute Gasteiger partial charge is 0.0417 e. The summed E-state index contributed by atoms with van der Waals surface area (Å²) >= 11 is 7.97. The third-order valence-electron chi connectivity index (χ3n) is 2.82. The van der Waals surface area contributed by atoms with Crippen LogP contribution in [0.4, 0.5) is 0 Å². The number of nitrogens with two attached hydrogens (primary N) is 1. The van der Waals surface area contributed by atoms with E-state index in [1.807, 2.05) is 24.8 Å². The zero-order chi connectivity index (χ0) is 13.0. The van der Waals surface area contributed by atoms with Gasteiger partial charge in [0.15, 0.2) is 0 Å². The van der Waals surface area contributed by atoms with Crippen LogP contribution < -0.4 is 5.73 Å². The number of halogens is 1. The second kappa shape index (κ2) is 6.67. The fourth-order valence-corrected chi connectivity index (χ4v) is 2.90. The molecule has 0 fully saturated rings. The van der Waals surface area contributed by atoms with Crippen LogP contribution in [0, 0.1) is 5.92 Å². The van der Waals surface area contributed by atoms with E-state index in [0.29, 0.717) is 11.2 Å². The molecule has 0 spiro atoms. The van der Waals surface area contributed by atoms with E-state index in [-0.39, 0.29) is 6.04 Å². The molecular formula is C14H22ClNS. The van der Waals surface area contributed by atoms with E-state index < -0.39 is 0 Å². The van der Waals surface area contributed by atoms with Crippen molar-refractivity contribution in [1.29, 1.82) is 0 Å². The Bertz CT molecular complexity index is 363. The number of rotatable bonds is 5. The van der Waals surface area contributed by atoms with Crippen LogP contribution in [-0.2, 0) is 6.42 Å². The molecule has 3 heteroatoms. The summed E-state index contributed by atoms with van der Waals surface area (Å²) in [6.45, 7) is 8.78. The van der Waals surface area contributed by atoms with Crippen molar-refractivity contribution in [3.63, 3.8) is 0 Å². The van der Waals surface area contributed by atoms with Gasteiger partial charge >= 0.3 is 0 Å². The second-order valence-corrected chi connectivity index (χ2v) is 6.86. The lowest BCUT2D eigenvalue weighted by Gasteiger charge is -2.18. The van der Waals surface area contributed by atoms with Crippen molar-refractivity contribution in [1.82, 2.24) is 0 Å². The van der Waals surface area contributed by atoms with E-state index in [9.17, 15) is 0 Å². The largest absolute Gasteiger partial charge is 0.328 e. The van der Waals surface area contributed by atoms with Gasteiger partial charge in [-0.05, 0) is 37.0 Å². The van der Waals surface area contributed by atoms with Crippen LogP contribution in [0.1, 0.15) is 33.3 Å². The summed E-state index contributed by atoms with van der Waals surface area (Å²) < 4.78 is 0. The van der Waals surface area contributed by atoms with Crippen LogP contribution >= 0.6 is 23.4 Å². The van der Waals surface area contributed by atoms with Crippen LogP contribution in [0.5, 0.6) is 0 Å². The van der Waals surface area contributed by atoms with Gasteiger partial charge in [-0.1, -0.05) is 38.4 Å². The highest BCUT2D eigenvalue weighted by atomic mass is 35.5. The van der Waals surface area contributed by atoms with E-state index in [1.54, 1.807) is 0 Å². The number of hydrogen-bond donors (Lipinski definition) is 1. The van der Waals surface area contributed by atoms with Gasteiger partial charge in [-0.2, -0.15) is 0 Å². The Labute approximate surface area is 114 Å². The van der Waals surface area contributed by atoms with Gasteiger partial charge in [-0.25, -0.2) is 0 Å². The molecule has 0 heterocycles. The average molecular weight is 272 g/mol. The number of benzene rings is 1. The normalized spacial score (nSPS) is 15.0. The van der Waals surface area contributed by atoms with E-state index in [1.165, 1.54) is 10.5 Å². The summed E-state index contributed by atoms with van der Waals surface area (Å²) in [5.74, 6) is 0.655. The van der Waals surface area contributed by atoms with Crippen molar-refractivity contribution in [2.45, 2.75) is 50.3 Å². The summed E-state index contributed by atoms with van der Waals surface area (Å²) in [6, 6.07) is 6.29. The highest BCUT2D eigenvalue weighted by Crippen LogP contribution is 2.32. The first-order chi connectivity index (χ1) is 7.90. The quantitative estimate of drug-likeness (QED) is 0.805. The molecule has 0 aliphatic carbocycles. The maximum absolute atomic E-state index is 6.07. The molecule has 96 valence electrons. The van der Waals surface area contributed by atoms with Gasteiger partial charge in [0.05, 0.1) is 0 Å². The molecule has 0 bridgehead atoms. The monoisotopic (exact) mass is 271 g/mol. The Hall–Kier alpha value is -0.180. The predicted molar refractivity (Wildman–Crippen MR) is 79.0 cm³/mol. The Kier molecular flexibility index (Phi) is 5.84. The molecule has 1 nitrogen and oxygen atoms in total. The zero-order valence-corrected chi connectivity index (χ0v) is 12.6. The molecule has 0 saturated heterocycles. The maximum Gasteiger partial charge on any atom is 0.0417 e. The van der Waals surface area contributed by atoms with Crippen molar-refractivity contribution in [2.24, 2.45) is 11.7 Å². The number of thioether (sulfide) groups is 1.